The molecule has 2 aliphatic heterocycles. The van der Waals surface area contributed by atoms with Crippen LogP contribution in [0.4, 0.5) is 11.4 Å². The molecule has 0 radical (unpaired) electrons. The van der Waals surface area contributed by atoms with Crippen molar-refractivity contribution in [3.8, 4) is 11.9 Å². The molecular formula is C31H46N8O2Si. The van der Waals surface area contributed by atoms with Crippen LogP contribution in [0.3, 0.4) is 0 Å². The Labute approximate surface area is 251 Å². The van der Waals surface area contributed by atoms with E-state index in [0.29, 0.717) is 24.7 Å². The summed E-state index contributed by atoms with van der Waals surface area (Å²) in [6.07, 6.45) is 2.67. The van der Waals surface area contributed by atoms with Gasteiger partial charge in [0.2, 0.25) is 5.88 Å². The van der Waals surface area contributed by atoms with Crippen LogP contribution in [0.1, 0.15) is 23.7 Å². The maximum atomic E-state index is 10.3. The molecule has 2 aromatic heterocycles. The number of fused-ring (bicyclic) bond motifs is 2. The zero-order valence-electron chi connectivity index (χ0n) is 26.1. The van der Waals surface area contributed by atoms with Gasteiger partial charge in [-0.15, -0.1) is 0 Å². The molecule has 1 N–H and O–H groups in total. The number of nitrogens with zero attached hydrogens (tertiary/aromatic N) is 7. The fourth-order valence-corrected chi connectivity index (χ4v) is 6.66. The van der Waals surface area contributed by atoms with Crippen LogP contribution in [0.5, 0.6) is 5.88 Å². The third-order valence-electron chi connectivity index (χ3n) is 7.99. The molecule has 0 bridgehead atoms. The topological polar surface area (TPSA) is 94.7 Å². The molecule has 226 valence electrons. The van der Waals surface area contributed by atoms with E-state index in [1.54, 1.807) is 0 Å². The van der Waals surface area contributed by atoms with Crippen LogP contribution in [-0.4, -0.2) is 93.8 Å². The predicted octanol–water partition coefficient (Wildman–Crippen LogP) is 3.92. The second-order valence-corrected chi connectivity index (χ2v) is 18.6. The molecule has 10 nitrogen and oxygen atoms in total. The molecule has 2 aliphatic rings. The van der Waals surface area contributed by atoms with Gasteiger partial charge >= 0.3 is 0 Å². The smallest absolute Gasteiger partial charge is 0.234 e. The number of pyridine rings is 1. The first-order valence-corrected chi connectivity index (χ1v) is 18.9. The Morgan fingerprint density at radius 3 is 2.64 bits per heavy atom. The van der Waals surface area contributed by atoms with Crippen LogP contribution in [0.15, 0.2) is 24.4 Å². The fourth-order valence-electron chi connectivity index (χ4n) is 5.90. The van der Waals surface area contributed by atoms with Gasteiger partial charge in [-0.05, 0) is 45.6 Å². The Balaban J connectivity index is 1.45. The van der Waals surface area contributed by atoms with E-state index in [2.05, 4.69) is 69.0 Å². The molecule has 1 saturated heterocycles. The van der Waals surface area contributed by atoms with Gasteiger partial charge in [-0.1, -0.05) is 25.7 Å². The summed E-state index contributed by atoms with van der Waals surface area (Å²) in [6, 6.07) is 10.00. The van der Waals surface area contributed by atoms with E-state index >= 15 is 0 Å². The molecule has 1 aromatic carbocycles. The van der Waals surface area contributed by atoms with Crippen molar-refractivity contribution >= 4 is 30.4 Å². The van der Waals surface area contributed by atoms with Gasteiger partial charge in [-0.2, -0.15) is 10.4 Å². The number of rotatable bonds is 11. The Bertz CT molecular complexity index is 1420. The second-order valence-electron chi connectivity index (χ2n) is 13.0. The summed E-state index contributed by atoms with van der Waals surface area (Å²) in [6.45, 7) is 16.1. The quantitative estimate of drug-likeness (QED) is 0.263. The van der Waals surface area contributed by atoms with E-state index in [-0.39, 0.29) is 6.10 Å². The van der Waals surface area contributed by atoms with Crippen LogP contribution >= 0.6 is 0 Å². The number of piperazine rings is 1. The molecular weight excluding hydrogens is 544 g/mol. The van der Waals surface area contributed by atoms with Crippen LogP contribution in [0.25, 0.3) is 10.9 Å². The van der Waals surface area contributed by atoms with Crippen LogP contribution < -0.4 is 19.9 Å². The molecule has 1 atom stereocenters. The Morgan fingerprint density at radius 2 is 1.93 bits per heavy atom. The van der Waals surface area contributed by atoms with Crippen molar-refractivity contribution in [1.82, 2.24) is 25.0 Å². The fraction of sp³-hybridized carbons (Fsp3) is 0.581. The van der Waals surface area contributed by atoms with Crippen molar-refractivity contribution in [2.45, 2.75) is 58.4 Å². The van der Waals surface area contributed by atoms with Gasteiger partial charge in [0.1, 0.15) is 24.5 Å². The number of hydrogen-bond donors (Lipinski definition) is 1. The van der Waals surface area contributed by atoms with Gasteiger partial charge in [0.15, 0.2) is 0 Å². The number of aromatic nitrogens is 3. The molecule has 1 fully saturated rings. The molecule has 42 heavy (non-hydrogen) atoms. The van der Waals surface area contributed by atoms with Crippen LogP contribution in [-0.2, 0) is 24.4 Å². The average molecular weight is 591 g/mol. The molecule has 0 saturated carbocycles. The molecule has 0 aliphatic carbocycles. The van der Waals surface area contributed by atoms with Crippen molar-refractivity contribution in [1.29, 1.82) is 5.26 Å². The lowest BCUT2D eigenvalue weighted by atomic mass is 9.97. The lowest BCUT2D eigenvalue weighted by Crippen LogP contribution is -2.45. The van der Waals surface area contributed by atoms with E-state index < -0.39 is 8.07 Å². The SMILES string of the molecule is CC(CN(C)C)Oc1nc2c(c(N3CCNCC3)c1C#N)CCN(c1cccc3c1cnn3COCC[Si](C)(C)C)C2. The van der Waals surface area contributed by atoms with Crippen LogP contribution in [0, 0.1) is 11.3 Å². The highest BCUT2D eigenvalue weighted by Gasteiger charge is 2.30. The Hall–Kier alpha value is -3.17. The maximum Gasteiger partial charge on any atom is 0.234 e. The lowest BCUT2D eigenvalue weighted by molar-refractivity contribution is 0.0817. The highest BCUT2D eigenvalue weighted by Crippen LogP contribution is 2.39. The van der Waals surface area contributed by atoms with Crippen molar-refractivity contribution in [2.24, 2.45) is 0 Å². The summed E-state index contributed by atoms with van der Waals surface area (Å²) in [4.78, 5) is 11.9. The van der Waals surface area contributed by atoms with E-state index in [0.717, 1.165) is 86.3 Å². The zero-order valence-corrected chi connectivity index (χ0v) is 27.1. The number of anilines is 2. The summed E-state index contributed by atoms with van der Waals surface area (Å²) in [5.74, 6) is 0.447. The largest absolute Gasteiger partial charge is 0.472 e. The van der Waals surface area contributed by atoms with Crippen LogP contribution in [0.2, 0.25) is 25.7 Å². The van der Waals surface area contributed by atoms with Crippen molar-refractivity contribution in [2.75, 3.05) is 69.8 Å². The van der Waals surface area contributed by atoms with Gasteiger partial charge in [-0.25, -0.2) is 9.67 Å². The lowest BCUT2D eigenvalue weighted by Gasteiger charge is -2.37. The van der Waals surface area contributed by atoms with Gasteiger partial charge in [0, 0.05) is 70.6 Å². The van der Waals surface area contributed by atoms with E-state index in [1.807, 2.05) is 31.9 Å². The number of nitriles is 1. The first-order chi connectivity index (χ1) is 20.1. The van der Waals surface area contributed by atoms with E-state index in [1.165, 1.54) is 5.56 Å². The first kappa shape index (κ1) is 30.3. The number of benzene rings is 1. The highest BCUT2D eigenvalue weighted by atomic mass is 28.3. The Kier molecular flexibility index (Phi) is 9.37. The van der Waals surface area contributed by atoms with Gasteiger partial charge < -0.3 is 29.5 Å². The summed E-state index contributed by atoms with van der Waals surface area (Å²) in [5, 5.41) is 19.6. The minimum Gasteiger partial charge on any atom is -0.472 e. The van der Waals surface area contributed by atoms with Gasteiger partial charge in [0.05, 0.1) is 29.6 Å². The predicted molar refractivity (Wildman–Crippen MR) is 171 cm³/mol. The van der Waals surface area contributed by atoms with E-state index in [4.69, 9.17) is 14.5 Å². The monoisotopic (exact) mass is 590 g/mol. The highest BCUT2D eigenvalue weighted by molar-refractivity contribution is 6.76. The minimum absolute atomic E-state index is 0.0965. The molecule has 1 unspecified atom stereocenters. The minimum atomic E-state index is -1.14. The summed E-state index contributed by atoms with van der Waals surface area (Å²) in [7, 11) is 2.91. The molecule has 4 heterocycles. The second kappa shape index (κ2) is 13.0. The third-order valence-corrected chi connectivity index (χ3v) is 9.69. The summed E-state index contributed by atoms with van der Waals surface area (Å²) < 4.78 is 14.3. The average Bonchev–Trinajstić information content (AvgIpc) is 3.37. The maximum absolute atomic E-state index is 10.3. The number of ether oxygens (including phenoxy) is 2. The summed E-state index contributed by atoms with van der Waals surface area (Å²) >= 11 is 0. The molecule has 0 spiro atoms. The molecule has 3 aromatic rings. The normalized spacial score (nSPS) is 16.5. The standard InChI is InChI=1S/C31H46N8O2Si/c1-23(20-36(2)3)41-31-25(18-32)30(37-14-11-33-12-15-37)24-10-13-38(21-27(24)35-31)28-8-7-9-29-26(28)19-34-39(29)22-40-16-17-42(4,5)6/h7-9,19,23,33H,10-17,20-22H2,1-6H3. The zero-order chi connectivity index (χ0) is 29.9. The van der Waals surface area contributed by atoms with E-state index in [9.17, 15) is 5.26 Å². The van der Waals surface area contributed by atoms with Gasteiger partial charge in [-0.3, -0.25) is 0 Å². The third kappa shape index (κ3) is 6.89. The van der Waals surface area contributed by atoms with Gasteiger partial charge in [0.25, 0.3) is 0 Å². The Morgan fingerprint density at radius 1 is 1.14 bits per heavy atom. The first-order valence-electron chi connectivity index (χ1n) is 15.1. The number of nitrogens with one attached hydrogen (secondary N) is 1. The van der Waals surface area contributed by atoms with Crippen molar-refractivity contribution < 1.29 is 9.47 Å². The number of hydrogen-bond acceptors (Lipinski definition) is 9. The molecule has 11 heteroatoms. The molecule has 0 amide bonds. The number of likely N-dealkylation sites (N-methyl/N-ethyl adjacent to an activating group) is 1. The van der Waals surface area contributed by atoms with Crippen molar-refractivity contribution in [3.63, 3.8) is 0 Å². The molecule has 5 rings (SSSR count). The summed E-state index contributed by atoms with van der Waals surface area (Å²) in [5.41, 5.74) is 5.95. The van der Waals surface area contributed by atoms with Crippen molar-refractivity contribution in [3.05, 3.63) is 41.2 Å².